The summed E-state index contributed by atoms with van der Waals surface area (Å²) in [4.78, 5) is 13.6. The number of carbonyl (C=O) groups excluding carboxylic acids is 1. The second-order valence-electron chi connectivity index (χ2n) is 6.26. The summed E-state index contributed by atoms with van der Waals surface area (Å²) >= 11 is 0. The fourth-order valence-electron chi connectivity index (χ4n) is 3.47. The fraction of sp³-hybridized carbons (Fsp3) is 0.0870. The fourth-order valence-corrected chi connectivity index (χ4v) is 3.47. The summed E-state index contributed by atoms with van der Waals surface area (Å²) in [5.41, 5.74) is 2.15. The van der Waals surface area contributed by atoms with Gasteiger partial charge in [-0.15, -0.1) is 0 Å². The maximum Gasteiger partial charge on any atom is 0.266 e. The SMILES string of the molecule is COc1cccc(C(=O)n2c(-c3ccccc3)c(O)c3ccccc32)c1OC. The Morgan fingerprint density at radius 3 is 2.29 bits per heavy atom. The summed E-state index contributed by atoms with van der Waals surface area (Å²) in [7, 11) is 3.02. The van der Waals surface area contributed by atoms with Gasteiger partial charge in [0.2, 0.25) is 0 Å². The summed E-state index contributed by atoms with van der Waals surface area (Å²) in [6.45, 7) is 0. The standard InChI is InChI=1S/C23H19NO4/c1-27-19-14-8-12-17(22(19)28-2)23(26)24-18-13-7-6-11-16(18)21(25)20(24)15-9-4-3-5-10-15/h3-14,25H,1-2H3. The molecule has 0 atom stereocenters. The van der Waals surface area contributed by atoms with Crippen LogP contribution in [0.4, 0.5) is 0 Å². The van der Waals surface area contributed by atoms with Gasteiger partial charge < -0.3 is 14.6 Å². The summed E-state index contributed by atoms with van der Waals surface area (Å²) in [5.74, 6) is 0.574. The van der Waals surface area contributed by atoms with Crippen molar-refractivity contribution in [2.24, 2.45) is 0 Å². The first-order chi connectivity index (χ1) is 13.7. The minimum atomic E-state index is -0.314. The number of benzene rings is 3. The van der Waals surface area contributed by atoms with E-state index in [9.17, 15) is 9.90 Å². The highest BCUT2D eigenvalue weighted by molar-refractivity contribution is 6.10. The number of aromatic nitrogens is 1. The minimum absolute atomic E-state index is 0.0667. The number of hydrogen-bond donors (Lipinski definition) is 1. The predicted molar refractivity (Wildman–Crippen MR) is 108 cm³/mol. The van der Waals surface area contributed by atoms with Crippen molar-refractivity contribution in [2.75, 3.05) is 14.2 Å². The third kappa shape index (κ3) is 2.68. The number of fused-ring (bicyclic) bond motifs is 1. The molecule has 0 aliphatic heterocycles. The molecule has 0 fully saturated rings. The average molecular weight is 373 g/mol. The number of aromatic hydroxyl groups is 1. The first-order valence-electron chi connectivity index (χ1n) is 8.81. The lowest BCUT2D eigenvalue weighted by Crippen LogP contribution is -2.14. The summed E-state index contributed by atoms with van der Waals surface area (Å²) in [5, 5.41) is 11.5. The van der Waals surface area contributed by atoms with Crippen LogP contribution >= 0.6 is 0 Å². The Hall–Kier alpha value is -3.73. The van der Waals surface area contributed by atoms with Crippen molar-refractivity contribution in [1.82, 2.24) is 4.57 Å². The predicted octanol–water partition coefficient (Wildman–Crippen LogP) is 4.72. The third-order valence-corrected chi connectivity index (χ3v) is 4.73. The molecule has 3 aromatic carbocycles. The smallest absolute Gasteiger partial charge is 0.266 e. The van der Waals surface area contributed by atoms with Crippen LogP contribution in [-0.2, 0) is 0 Å². The van der Waals surface area contributed by atoms with Gasteiger partial charge in [-0.2, -0.15) is 0 Å². The number of hydrogen-bond acceptors (Lipinski definition) is 4. The van der Waals surface area contributed by atoms with Crippen LogP contribution in [0.15, 0.2) is 72.8 Å². The highest BCUT2D eigenvalue weighted by Crippen LogP contribution is 2.41. The van der Waals surface area contributed by atoms with Crippen molar-refractivity contribution in [2.45, 2.75) is 0 Å². The highest BCUT2D eigenvalue weighted by atomic mass is 16.5. The molecular weight excluding hydrogens is 354 g/mol. The van der Waals surface area contributed by atoms with Crippen molar-refractivity contribution in [1.29, 1.82) is 0 Å². The molecule has 0 aliphatic rings. The van der Waals surface area contributed by atoms with E-state index >= 15 is 0 Å². The zero-order chi connectivity index (χ0) is 19.7. The molecule has 28 heavy (non-hydrogen) atoms. The molecule has 0 amide bonds. The van der Waals surface area contributed by atoms with E-state index in [-0.39, 0.29) is 11.7 Å². The van der Waals surface area contributed by atoms with Gasteiger partial charge in [-0.05, 0) is 24.3 Å². The topological polar surface area (TPSA) is 60.7 Å². The Balaban J connectivity index is 2.03. The van der Waals surface area contributed by atoms with Gasteiger partial charge in [0.15, 0.2) is 11.5 Å². The third-order valence-electron chi connectivity index (χ3n) is 4.73. The lowest BCUT2D eigenvalue weighted by molar-refractivity contribution is 0.0962. The van der Waals surface area contributed by atoms with Crippen molar-refractivity contribution in [3.05, 3.63) is 78.4 Å². The maximum atomic E-state index is 13.6. The molecule has 4 rings (SSSR count). The van der Waals surface area contributed by atoms with Crippen molar-refractivity contribution >= 4 is 16.8 Å². The summed E-state index contributed by atoms with van der Waals surface area (Å²) in [6, 6.07) is 21.8. The number of rotatable bonds is 4. The number of ether oxygens (including phenoxy) is 2. The minimum Gasteiger partial charge on any atom is -0.505 e. The van der Waals surface area contributed by atoms with Crippen LogP contribution in [0.1, 0.15) is 10.4 Å². The van der Waals surface area contributed by atoms with E-state index in [1.54, 1.807) is 24.3 Å². The van der Waals surface area contributed by atoms with Gasteiger partial charge in [0, 0.05) is 10.9 Å². The largest absolute Gasteiger partial charge is 0.505 e. The Morgan fingerprint density at radius 1 is 0.857 bits per heavy atom. The average Bonchev–Trinajstić information content (AvgIpc) is 3.05. The molecule has 0 aliphatic carbocycles. The van der Waals surface area contributed by atoms with Gasteiger partial charge >= 0.3 is 0 Å². The highest BCUT2D eigenvalue weighted by Gasteiger charge is 2.26. The molecule has 5 heteroatoms. The first-order valence-corrected chi connectivity index (χ1v) is 8.81. The lowest BCUT2D eigenvalue weighted by atomic mass is 10.1. The molecule has 1 heterocycles. The van der Waals surface area contributed by atoms with Crippen molar-refractivity contribution < 1.29 is 19.4 Å². The van der Waals surface area contributed by atoms with Crippen molar-refractivity contribution in [3.8, 4) is 28.5 Å². The molecule has 1 N–H and O–H groups in total. The van der Waals surface area contributed by atoms with Gasteiger partial charge in [0.05, 0.1) is 31.0 Å². The van der Waals surface area contributed by atoms with E-state index in [0.29, 0.717) is 33.7 Å². The molecule has 0 saturated heterocycles. The Kier molecular flexibility index (Phi) is 4.49. The van der Waals surface area contributed by atoms with Crippen LogP contribution in [0, 0.1) is 0 Å². The normalized spacial score (nSPS) is 10.8. The van der Waals surface area contributed by atoms with E-state index < -0.39 is 0 Å². The van der Waals surface area contributed by atoms with Gasteiger partial charge in [-0.25, -0.2) is 0 Å². The van der Waals surface area contributed by atoms with Crippen LogP contribution < -0.4 is 9.47 Å². The Bertz CT molecular complexity index is 1160. The number of para-hydroxylation sites is 2. The van der Waals surface area contributed by atoms with E-state index in [2.05, 4.69) is 0 Å². The monoisotopic (exact) mass is 373 g/mol. The molecule has 0 radical (unpaired) electrons. The molecule has 0 unspecified atom stereocenters. The van der Waals surface area contributed by atoms with E-state index in [0.717, 1.165) is 5.56 Å². The molecule has 4 aromatic rings. The second kappa shape index (κ2) is 7.12. The summed E-state index contributed by atoms with van der Waals surface area (Å²) in [6.07, 6.45) is 0. The lowest BCUT2D eigenvalue weighted by Gasteiger charge is -2.14. The number of carbonyl (C=O) groups is 1. The van der Waals surface area contributed by atoms with Crippen LogP contribution in [0.3, 0.4) is 0 Å². The van der Waals surface area contributed by atoms with Gasteiger partial charge in [-0.3, -0.25) is 9.36 Å². The van der Waals surface area contributed by atoms with Crippen molar-refractivity contribution in [3.63, 3.8) is 0 Å². The van der Waals surface area contributed by atoms with Crippen LogP contribution in [0.5, 0.6) is 17.2 Å². The molecular formula is C23H19NO4. The summed E-state index contributed by atoms with van der Waals surface area (Å²) < 4.78 is 12.3. The molecule has 0 bridgehead atoms. The number of nitrogens with zero attached hydrogens (tertiary/aromatic N) is 1. The number of methoxy groups -OCH3 is 2. The van der Waals surface area contributed by atoms with E-state index in [4.69, 9.17) is 9.47 Å². The molecule has 0 spiro atoms. The maximum absolute atomic E-state index is 13.6. The Labute approximate surface area is 162 Å². The zero-order valence-electron chi connectivity index (χ0n) is 15.5. The molecule has 0 saturated carbocycles. The van der Waals surface area contributed by atoms with Gasteiger partial charge in [-0.1, -0.05) is 48.5 Å². The van der Waals surface area contributed by atoms with E-state index in [1.807, 2.05) is 48.5 Å². The van der Waals surface area contributed by atoms with Gasteiger partial charge in [0.1, 0.15) is 5.75 Å². The first kappa shape index (κ1) is 17.7. The van der Waals surface area contributed by atoms with Crippen LogP contribution in [0.2, 0.25) is 0 Å². The quantitative estimate of drug-likeness (QED) is 0.562. The van der Waals surface area contributed by atoms with E-state index in [1.165, 1.54) is 18.8 Å². The van der Waals surface area contributed by atoms with Gasteiger partial charge in [0.25, 0.3) is 5.91 Å². The zero-order valence-corrected chi connectivity index (χ0v) is 15.5. The molecule has 140 valence electrons. The van der Waals surface area contributed by atoms with Crippen LogP contribution in [-0.4, -0.2) is 29.8 Å². The second-order valence-corrected chi connectivity index (χ2v) is 6.26. The molecule has 5 nitrogen and oxygen atoms in total. The Morgan fingerprint density at radius 2 is 1.57 bits per heavy atom. The molecule has 1 aromatic heterocycles. The van der Waals surface area contributed by atoms with Crippen LogP contribution in [0.25, 0.3) is 22.2 Å².